The van der Waals surface area contributed by atoms with E-state index in [-0.39, 0.29) is 5.78 Å². The molecule has 0 bridgehead atoms. The van der Waals surface area contributed by atoms with E-state index in [1.165, 1.54) is 11.3 Å². The first-order chi connectivity index (χ1) is 7.75. The van der Waals surface area contributed by atoms with Crippen molar-refractivity contribution in [3.63, 3.8) is 0 Å². The fourth-order valence-electron chi connectivity index (χ4n) is 1.28. The van der Waals surface area contributed by atoms with Crippen LogP contribution in [0.2, 0.25) is 0 Å². The van der Waals surface area contributed by atoms with Crippen molar-refractivity contribution in [3.8, 4) is 0 Å². The van der Waals surface area contributed by atoms with Crippen LogP contribution in [0.1, 0.15) is 15.9 Å². The molecule has 2 aromatic rings. The van der Waals surface area contributed by atoms with Gasteiger partial charge < -0.3 is 0 Å². The van der Waals surface area contributed by atoms with Crippen LogP contribution in [0.3, 0.4) is 0 Å². The SMILES string of the molecule is O=C(/C=C/c1cccc(Br)c1)c1ccsc1. The number of rotatable bonds is 3. The van der Waals surface area contributed by atoms with Crippen molar-refractivity contribution in [2.24, 2.45) is 0 Å². The number of thiophene rings is 1. The van der Waals surface area contributed by atoms with Gasteiger partial charge in [-0.1, -0.05) is 34.1 Å². The first kappa shape index (κ1) is 11.3. The van der Waals surface area contributed by atoms with Gasteiger partial charge in [-0.2, -0.15) is 11.3 Å². The summed E-state index contributed by atoms with van der Waals surface area (Å²) >= 11 is 4.92. The molecule has 0 fully saturated rings. The molecule has 16 heavy (non-hydrogen) atoms. The van der Waals surface area contributed by atoms with Crippen LogP contribution < -0.4 is 0 Å². The van der Waals surface area contributed by atoms with Gasteiger partial charge in [0.15, 0.2) is 5.78 Å². The minimum absolute atomic E-state index is 0.0428. The van der Waals surface area contributed by atoms with E-state index in [1.807, 2.05) is 47.2 Å². The summed E-state index contributed by atoms with van der Waals surface area (Å²) in [5.74, 6) is 0.0428. The maximum Gasteiger partial charge on any atom is 0.186 e. The van der Waals surface area contributed by atoms with E-state index in [0.29, 0.717) is 0 Å². The van der Waals surface area contributed by atoms with Crippen LogP contribution >= 0.6 is 27.3 Å². The zero-order valence-corrected chi connectivity index (χ0v) is 10.8. The van der Waals surface area contributed by atoms with Crippen LogP contribution in [0.25, 0.3) is 6.08 Å². The zero-order chi connectivity index (χ0) is 11.4. The molecule has 1 aromatic carbocycles. The third kappa shape index (κ3) is 2.90. The van der Waals surface area contributed by atoms with E-state index < -0.39 is 0 Å². The van der Waals surface area contributed by atoms with Crippen LogP contribution in [0.5, 0.6) is 0 Å². The van der Waals surface area contributed by atoms with Gasteiger partial charge in [0.2, 0.25) is 0 Å². The van der Waals surface area contributed by atoms with Gasteiger partial charge in [-0.15, -0.1) is 0 Å². The Morgan fingerprint density at radius 3 is 2.88 bits per heavy atom. The molecule has 3 heteroatoms. The van der Waals surface area contributed by atoms with E-state index in [1.54, 1.807) is 6.08 Å². The van der Waals surface area contributed by atoms with Gasteiger partial charge in [-0.3, -0.25) is 4.79 Å². The number of allylic oxidation sites excluding steroid dienone is 1. The zero-order valence-electron chi connectivity index (χ0n) is 8.39. The largest absolute Gasteiger partial charge is 0.289 e. The second kappa shape index (κ2) is 5.23. The Labute approximate surface area is 107 Å². The van der Waals surface area contributed by atoms with Gasteiger partial charge in [-0.05, 0) is 35.2 Å². The van der Waals surface area contributed by atoms with Gasteiger partial charge in [-0.25, -0.2) is 0 Å². The molecule has 1 aromatic heterocycles. The quantitative estimate of drug-likeness (QED) is 0.605. The lowest BCUT2D eigenvalue weighted by Gasteiger charge is -1.94. The maximum absolute atomic E-state index is 11.7. The molecule has 80 valence electrons. The van der Waals surface area contributed by atoms with Gasteiger partial charge in [0.05, 0.1) is 0 Å². The second-order valence-corrected chi connectivity index (χ2v) is 4.96. The topological polar surface area (TPSA) is 17.1 Å². The molecule has 0 aliphatic carbocycles. The fourth-order valence-corrected chi connectivity index (χ4v) is 2.35. The van der Waals surface area contributed by atoms with Crippen LogP contribution in [0.4, 0.5) is 0 Å². The average Bonchev–Trinajstić information content (AvgIpc) is 2.79. The van der Waals surface area contributed by atoms with Crippen LogP contribution in [-0.4, -0.2) is 5.78 Å². The van der Waals surface area contributed by atoms with E-state index in [9.17, 15) is 4.79 Å². The molecular weight excluding hydrogens is 284 g/mol. The smallest absolute Gasteiger partial charge is 0.186 e. The average molecular weight is 293 g/mol. The molecule has 1 nitrogen and oxygen atoms in total. The summed E-state index contributed by atoms with van der Waals surface area (Å²) in [4.78, 5) is 11.7. The number of carbonyl (C=O) groups is 1. The molecule has 0 aliphatic heterocycles. The Morgan fingerprint density at radius 2 is 2.19 bits per heavy atom. The van der Waals surface area contributed by atoms with Gasteiger partial charge in [0.1, 0.15) is 0 Å². The molecule has 1 heterocycles. The van der Waals surface area contributed by atoms with Gasteiger partial charge >= 0.3 is 0 Å². The number of hydrogen-bond donors (Lipinski definition) is 0. The van der Waals surface area contributed by atoms with Crippen LogP contribution in [-0.2, 0) is 0 Å². The van der Waals surface area contributed by atoms with Crippen LogP contribution in [0, 0.1) is 0 Å². The third-order valence-electron chi connectivity index (χ3n) is 2.08. The number of hydrogen-bond acceptors (Lipinski definition) is 2. The number of carbonyl (C=O) groups excluding carboxylic acids is 1. The van der Waals surface area contributed by atoms with Gasteiger partial charge in [0.25, 0.3) is 0 Å². The minimum atomic E-state index is 0.0428. The van der Waals surface area contributed by atoms with E-state index >= 15 is 0 Å². The summed E-state index contributed by atoms with van der Waals surface area (Å²) in [5, 5.41) is 3.76. The normalized spacial score (nSPS) is 10.8. The lowest BCUT2D eigenvalue weighted by Crippen LogP contribution is -1.89. The van der Waals surface area contributed by atoms with E-state index in [4.69, 9.17) is 0 Å². The Morgan fingerprint density at radius 1 is 1.31 bits per heavy atom. The monoisotopic (exact) mass is 292 g/mol. The Bertz CT molecular complexity index is 514. The molecule has 0 N–H and O–H groups in total. The molecule has 0 amide bonds. The Hall–Kier alpha value is -1.19. The fraction of sp³-hybridized carbons (Fsp3) is 0. The Balaban J connectivity index is 2.13. The summed E-state index contributed by atoms with van der Waals surface area (Å²) in [6, 6.07) is 9.66. The highest BCUT2D eigenvalue weighted by Gasteiger charge is 2.00. The highest BCUT2D eigenvalue weighted by Crippen LogP contribution is 2.13. The first-order valence-corrected chi connectivity index (χ1v) is 6.49. The second-order valence-electron chi connectivity index (χ2n) is 3.26. The summed E-state index contributed by atoms with van der Waals surface area (Å²) in [7, 11) is 0. The molecule has 0 spiro atoms. The van der Waals surface area contributed by atoms with Crippen molar-refractivity contribution in [3.05, 3.63) is 62.8 Å². The van der Waals surface area contributed by atoms with Gasteiger partial charge in [0, 0.05) is 15.4 Å². The molecule has 0 radical (unpaired) electrons. The lowest BCUT2D eigenvalue weighted by molar-refractivity contribution is 0.104. The molecule has 0 unspecified atom stereocenters. The number of ketones is 1. The van der Waals surface area contributed by atoms with E-state index in [2.05, 4.69) is 15.9 Å². The summed E-state index contributed by atoms with van der Waals surface area (Å²) in [6.07, 6.45) is 3.43. The van der Waals surface area contributed by atoms with E-state index in [0.717, 1.165) is 15.6 Å². The first-order valence-electron chi connectivity index (χ1n) is 4.76. The Kier molecular flexibility index (Phi) is 3.70. The van der Waals surface area contributed by atoms with Crippen molar-refractivity contribution in [1.82, 2.24) is 0 Å². The molecular formula is C13H9BrOS. The van der Waals surface area contributed by atoms with Crippen molar-refractivity contribution in [2.45, 2.75) is 0 Å². The lowest BCUT2D eigenvalue weighted by atomic mass is 10.1. The predicted octanol–water partition coefficient (Wildman–Crippen LogP) is 4.41. The predicted molar refractivity (Wildman–Crippen MR) is 71.8 cm³/mol. The highest BCUT2D eigenvalue weighted by molar-refractivity contribution is 9.10. The van der Waals surface area contributed by atoms with Crippen molar-refractivity contribution < 1.29 is 4.79 Å². The third-order valence-corrected chi connectivity index (χ3v) is 3.26. The molecule has 0 saturated heterocycles. The molecule has 2 rings (SSSR count). The van der Waals surface area contributed by atoms with Crippen molar-refractivity contribution >= 4 is 39.1 Å². The summed E-state index contributed by atoms with van der Waals surface area (Å²) in [5.41, 5.74) is 1.76. The number of benzene rings is 1. The minimum Gasteiger partial charge on any atom is -0.289 e. The number of halogens is 1. The standard InChI is InChI=1S/C13H9BrOS/c14-12-3-1-2-10(8-12)4-5-13(15)11-6-7-16-9-11/h1-9H/b5-4+. The summed E-state index contributed by atoms with van der Waals surface area (Å²) in [6.45, 7) is 0. The van der Waals surface area contributed by atoms with Crippen molar-refractivity contribution in [1.29, 1.82) is 0 Å². The molecule has 0 atom stereocenters. The maximum atomic E-state index is 11.7. The molecule has 0 saturated carbocycles. The molecule has 0 aliphatic rings. The van der Waals surface area contributed by atoms with Crippen LogP contribution in [0.15, 0.2) is 51.6 Å². The van der Waals surface area contributed by atoms with Crippen molar-refractivity contribution in [2.75, 3.05) is 0 Å². The highest BCUT2D eigenvalue weighted by atomic mass is 79.9. The summed E-state index contributed by atoms with van der Waals surface area (Å²) < 4.78 is 1.01.